The maximum absolute atomic E-state index is 15.1. The summed E-state index contributed by atoms with van der Waals surface area (Å²) in [6, 6.07) is 19.0. The zero-order valence-electron chi connectivity index (χ0n) is 21.6. The highest BCUT2D eigenvalue weighted by atomic mass is 32.2. The minimum atomic E-state index is -1.36. The Labute approximate surface area is 226 Å². The molecule has 0 saturated carbocycles. The van der Waals surface area contributed by atoms with Gasteiger partial charge in [0.15, 0.2) is 0 Å². The van der Waals surface area contributed by atoms with E-state index in [1.165, 1.54) is 11.1 Å². The van der Waals surface area contributed by atoms with E-state index in [4.69, 9.17) is 10.5 Å². The number of rotatable bonds is 7. The SMILES string of the molecule is CC(C)(C)OC(=O)N1CC[C@@H](Nc2cc(Nc3ccc(Sc4ccccc4)cc3)ncc2C(N)=O)[C@@H](F)C1. The monoisotopic (exact) mass is 537 g/mol. The van der Waals surface area contributed by atoms with Crippen molar-refractivity contribution >= 4 is 41.0 Å². The maximum atomic E-state index is 15.1. The van der Waals surface area contributed by atoms with E-state index in [2.05, 4.69) is 27.8 Å². The number of nitrogens with one attached hydrogen (secondary N) is 2. The van der Waals surface area contributed by atoms with Crippen LogP contribution in [0.5, 0.6) is 0 Å². The fraction of sp³-hybridized carbons (Fsp3) is 0.321. The van der Waals surface area contributed by atoms with Crippen molar-refractivity contribution in [3.63, 3.8) is 0 Å². The van der Waals surface area contributed by atoms with Gasteiger partial charge in [0.2, 0.25) is 0 Å². The summed E-state index contributed by atoms with van der Waals surface area (Å²) < 4.78 is 20.4. The average Bonchev–Trinajstić information content (AvgIpc) is 2.86. The fourth-order valence-corrected chi connectivity index (χ4v) is 4.82. The van der Waals surface area contributed by atoms with Crippen molar-refractivity contribution in [1.82, 2.24) is 9.88 Å². The quantitative estimate of drug-likeness (QED) is 0.348. The largest absolute Gasteiger partial charge is 0.444 e. The van der Waals surface area contributed by atoms with Crippen LogP contribution in [0.25, 0.3) is 0 Å². The zero-order valence-corrected chi connectivity index (χ0v) is 22.4. The molecule has 1 aliphatic rings. The molecule has 0 spiro atoms. The molecule has 0 unspecified atom stereocenters. The molecule has 3 aromatic rings. The Kier molecular flexibility index (Phi) is 8.41. The number of halogens is 1. The third-order valence-electron chi connectivity index (χ3n) is 5.81. The van der Waals surface area contributed by atoms with Gasteiger partial charge in [-0.25, -0.2) is 14.2 Å². The van der Waals surface area contributed by atoms with Gasteiger partial charge in [0.05, 0.1) is 23.8 Å². The van der Waals surface area contributed by atoms with Crippen molar-refractivity contribution < 1.29 is 18.7 Å². The highest BCUT2D eigenvalue weighted by Crippen LogP contribution is 2.30. The van der Waals surface area contributed by atoms with E-state index < -0.39 is 29.8 Å². The number of benzene rings is 2. The van der Waals surface area contributed by atoms with E-state index in [-0.39, 0.29) is 12.1 Å². The Morgan fingerprint density at radius 3 is 2.42 bits per heavy atom. The molecule has 38 heavy (non-hydrogen) atoms. The number of carbonyl (C=O) groups is 2. The number of nitrogens with two attached hydrogens (primary N) is 1. The highest BCUT2D eigenvalue weighted by Gasteiger charge is 2.34. The van der Waals surface area contributed by atoms with Gasteiger partial charge in [0.25, 0.3) is 5.91 Å². The number of pyridine rings is 1. The average molecular weight is 538 g/mol. The van der Waals surface area contributed by atoms with E-state index >= 15 is 4.39 Å². The number of anilines is 3. The number of ether oxygens (including phenoxy) is 1. The molecule has 2 atom stereocenters. The van der Waals surface area contributed by atoms with Crippen LogP contribution in [0.1, 0.15) is 37.6 Å². The number of alkyl halides is 1. The number of hydrogen-bond donors (Lipinski definition) is 3. The molecule has 10 heteroatoms. The molecule has 1 saturated heterocycles. The second kappa shape index (κ2) is 11.7. The summed E-state index contributed by atoms with van der Waals surface area (Å²) in [5.74, 6) is -0.196. The number of piperidine rings is 1. The predicted octanol–water partition coefficient (Wildman–Crippen LogP) is 5.83. The summed E-state index contributed by atoms with van der Waals surface area (Å²) in [5.41, 5.74) is 6.24. The Hall–Kier alpha value is -3.79. The van der Waals surface area contributed by atoms with E-state index in [1.54, 1.807) is 38.6 Å². The number of hydrogen-bond acceptors (Lipinski definition) is 7. The van der Waals surface area contributed by atoms with Crippen molar-refractivity contribution in [3.05, 3.63) is 72.4 Å². The molecule has 200 valence electrons. The van der Waals surface area contributed by atoms with Crippen LogP contribution >= 0.6 is 11.8 Å². The van der Waals surface area contributed by atoms with Crippen LogP contribution in [0.2, 0.25) is 0 Å². The summed E-state index contributed by atoms with van der Waals surface area (Å²) >= 11 is 1.66. The first kappa shape index (κ1) is 27.3. The molecule has 8 nitrogen and oxygen atoms in total. The molecular formula is C28H32FN5O3S. The lowest BCUT2D eigenvalue weighted by Crippen LogP contribution is -2.51. The standard InChI is InChI=1S/C28H32FN5O3S/c1-28(2,3)37-27(36)34-14-13-23(22(29)17-34)33-24-15-25(31-16-21(24)26(30)35)32-18-9-11-20(12-10-18)38-19-7-5-4-6-8-19/h4-12,15-16,22-23H,13-14,17H2,1-3H3,(H2,30,35)(H2,31,32,33)/t22-,23+/m0/s1. The highest BCUT2D eigenvalue weighted by molar-refractivity contribution is 7.99. The van der Waals surface area contributed by atoms with Gasteiger partial charge in [-0.05, 0) is 63.6 Å². The first-order valence-corrected chi connectivity index (χ1v) is 13.2. The molecule has 0 aliphatic carbocycles. The van der Waals surface area contributed by atoms with Crippen LogP contribution in [0.3, 0.4) is 0 Å². The molecule has 2 amide bonds. The molecule has 2 heterocycles. The second-order valence-electron chi connectivity index (χ2n) is 10.0. The smallest absolute Gasteiger partial charge is 0.410 e. The lowest BCUT2D eigenvalue weighted by molar-refractivity contribution is 0.0125. The fourth-order valence-electron chi connectivity index (χ4n) is 3.98. The number of amides is 2. The maximum Gasteiger partial charge on any atom is 0.410 e. The lowest BCUT2D eigenvalue weighted by atomic mass is 10.0. The Morgan fingerprint density at radius 2 is 1.79 bits per heavy atom. The summed E-state index contributed by atoms with van der Waals surface area (Å²) in [6.45, 7) is 5.52. The van der Waals surface area contributed by atoms with Crippen LogP contribution < -0.4 is 16.4 Å². The normalized spacial score (nSPS) is 17.5. The van der Waals surface area contributed by atoms with Crippen molar-refractivity contribution in [1.29, 1.82) is 0 Å². The third-order valence-corrected chi connectivity index (χ3v) is 6.82. The van der Waals surface area contributed by atoms with Crippen LogP contribution in [0.15, 0.2) is 76.7 Å². The van der Waals surface area contributed by atoms with Crippen molar-refractivity contribution in [2.75, 3.05) is 23.7 Å². The van der Waals surface area contributed by atoms with E-state index in [9.17, 15) is 9.59 Å². The topological polar surface area (TPSA) is 110 Å². The Balaban J connectivity index is 1.42. The Morgan fingerprint density at radius 1 is 1.11 bits per heavy atom. The molecule has 0 radical (unpaired) electrons. The van der Waals surface area contributed by atoms with Gasteiger partial charge < -0.3 is 26.0 Å². The molecule has 0 bridgehead atoms. The molecule has 1 aliphatic heterocycles. The molecule has 1 fully saturated rings. The Bertz CT molecular complexity index is 1270. The molecular weight excluding hydrogens is 505 g/mol. The second-order valence-corrected chi connectivity index (χ2v) is 11.2. The van der Waals surface area contributed by atoms with Gasteiger partial charge in [0.1, 0.15) is 17.6 Å². The van der Waals surface area contributed by atoms with Gasteiger partial charge in [-0.2, -0.15) is 0 Å². The number of aromatic nitrogens is 1. The first-order valence-electron chi connectivity index (χ1n) is 12.4. The number of carbonyl (C=O) groups excluding carboxylic acids is 2. The summed E-state index contributed by atoms with van der Waals surface area (Å²) in [6.07, 6.45) is -0.198. The minimum absolute atomic E-state index is 0.109. The number of nitrogens with zero attached hydrogens (tertiary/aromatic N) is 2. The van der Waals surface area contributed by atoms with Crippen LogP contribution in [0.4, 0.5) is 26.4 Å². The van der Waals surface area contributed by atoms with Crippen LogP contribution in [-0.4, -0.2) is 52.8 Å². The third kappa shape index (κ3) is 7.38. The molecule has 1 aromatic heterocycles. The summed E-state index contributed by atoms with van der Waals surface area (Å²) in [7, 11) is 0. The lowest BCUT2D eigenvalue weighted by Gasteiger charge is -2.36. The minimum Gasteiger partial charge on any atom is -0.444 e. The van der Waals surface area contributed by atoms with Crippen molar-refractivity contribution in [2.24, 2.45) is 5.73 Å². The molecule has 2 aromatic carbocycles. The van der Waals surface area contributed by atoms with Crippen LogP contribution in [-0.2, 0) is 4.74 Å². The molecule has 4 N–H and O–H groups in total. The predicted molar refractivity (Wildman–Crippen MR) is 148 cm³/mol. The zero-order chi connectivity index (χ0) is 27.3. The number of likely N-dealkylation sites (tertiary alicyclic amines) is 1. The number of primary amides is 1. The van der Waals surface area contributed by atoms with Gasteiger partial charge in [-0.15, -0.1) is 0 Å². The van der Waals surface area contributed by atoms with Crippen molar-refractivity contribution in [2.45, 2.75) is 54.8 Å². The first-order chi connectivity index (χ1) is 18.1. The van der Waals surface area contributed by atoms with Gasteiger partial charge in [-0.3, -0.25) is 4.79 Å². The van der Waals surface area contributed by atoms with Gasteiger partial charge in [-0.1, -0.05) is 30.0 Å². The van der Waals surface area contributed by atoms with E-state index in [0.29, 0.717) is 24.5 Å². The summed E-state index contributed by atoms with van der Waals surface area (Å²) in [5, 5.41) is 6.33. The summed E-state index contributed by atoms with van der Waals surface area (Å²) in [4.78, 5) is 32.3. The van der Waals surface area contributed by atoms with E-state index in [1.807, 2.05) is 42.5 Å². The van der Waals surface area contributed by atoms with Crippen molar-refractivity contribution in [3.8, 4) is 0 Å². The van der Waals surface area contributed by atoms with E-state index in [0.717, 1.165) is 15.5 Å². The van der Waals surface area contributed by atoms with Gasteiger partial charge >= 0.3 is 6.09 Å². The van der Waals surface area contributed by atoms with Crippen LogP contribution in [0, 0.1) is 0 Å². The van der Waals surface area contributed by atoms with Gasteiger partial charge in [0, 0.05) is 34.3 Å². The molecule has 4 rings (SSSR count).